The molecule has 0 aliphatic heterocycles. The standard InChI is InChI=1S/C48H26/c1-3-11-27(12-4-1)41-39-26-37-33-18-8-7-17-32(33)34-19-10-20-35(44(34)37)45(39)43(28-13-5-2-6-14-28)47-36-24-23-30-22-21-29-15-9-16-31-25-38(48(41)47)46(36)42(30)40(29)31/h1-26H. The quantitative estimate of drug-likeness (QED) is 0.173. The van der Waals surface area contributed by atoms with Crippen LogP contribution in [0.4, 0.5) is 0 Å². The van der Waals surface area contributed by atoms with Crippen LogP contribution in [0.1, 0.15) is 0 Å². The average Bonchev–Trinajstić information content (AvgIpc) is 3.65. The van der Waals surface area contributed by atoms with Crippen molar-refractivity contribution < 1.29 is 0 Å². The summed E-state index contributed by atoms with van der Waals surface area (Å²) >= 11 is 0. The first-order valence-corrected chi connectivity index (χ1v) is 16.9. The first-order chi connectivity index (χ1) is 23.8. The van der Waals surface area contributed by atoms with Gasteiger partial charge in [-0.1, -0.05) is 146 Å². The molecular formula is C48H26. The number of hydrogen-bond donors (Lipinski definition) is 0. The summed E-state index contributed by atoms with van der Waals surface area (Å²) in [6.45, 7) is 0. The Balaban J connectivity index is 1.48. The van der Waals surface area contributed by atoms with Crippen LogP contribution >= 0.6 is 0 Å². The zero-order chi connectivity index (χ0) is 31.1. The van der Waals surface area contributed by atoms with E-state index in [2.05, 4.69) is 158 Å². The van der Waals surface area contributed by atoms with Gasteiger partial charge in [0, 0.05) is 0 Å². The van der Waals surface area contributed by atoms with Gasteiger partial charge in [0.1, 0.15) is 0 Å². The number of rotatable bonds is 2. The molecule has 0 heteroatoms. The van der Waals surface area contributed by atoms with Gasteiger partial charge in [0.05, 0.1) is 0 Å². The first kappa shape index (κ1) is 24.9. The molecule has 0 unspecified atom stereocenters. The summed E-state index contributed by atoms with van der Waals surface area (Å²) in [5.41, 5.74) is 5.18. The van der Waals surface area contributed by atoms with E-state index in [0.717, 1.165) is 0 Å². The van der Waals surface area contributed by atoms with E-state index in [4.69, 9.17) is 0 Å². The summed E-state index contributed by atoms with van der Waals surface area (Å²) in [5.74, 6) is 0. The lowest BCUT2D eigenvalue weighted by Crippen LogP contribution is -1.91. The van der Waals surface area contributed by atoms with E-state index >= 15 is 0 Å². The highest BCUT2D eigenvalue weighted by Gasteiger charge is 2.27. The molecule has 0 spiro atoms. The lowest BCUT2D eigenvalue weighted by Gasteiger charge is -2.19. The molecule has 0 fully saturated rings. The van der Waals surface area contributed by atoms with E-state index in [0.29, 0.717) is 0 Å². The maximum Gasteiger partial charge on any atom is -0.000718 e. The van der Waals surface area contributed by atoms with Crippen LogP contribution in [0, 0.1) is 0 Å². The minimum atomic E-state index is 1.26. The zero-order valence-corrected chi connectivity index (χ0v) is 26.0. The summed E-state index contributed by atoms with van der Waals surface area (Å²) in [6, 6.07) is 59.3. The molecule has 0 saturated heterocycles. The molecule has 12 aromatic carbocycles. The van der Waals surface area contributed by atoms with E-state index in [1.165, 1.54) is 119 Å². The van der Waals surface area contributed by atoms with Gasteiger partial charge in [-0.05, 0) is 131 Å². The van der Waals surface area contributed by atoms with Crippen molar-refractivity contribution >= 4 is 97.0 Å². The number of hydrogen-bond acceptors (Lipinski definition) is 0. The van der Waals surface area contributed by atoms with E-state index in [-0.39, 0.29) is 0 Å². The Labute approximate surface area is 276 Å². The summed E-state index contributed by atoms with van der Waals surface area (Å²) in [7, 11) is 0. The smallest absolute Gasteiger partial charge is 0.000718 e. The minimum absolute atomic E-state index is 1.26. The highest BCUT2D eigenvalue weighted by Crippen LogP contribution is 2.55. The highest BCUT2D eigenvalue weighted by atomic mass is 14.3. The Kier molecular flexibility index (Phi) is 4.55. The number of benzene rings is 10. The van der Waals surface area contributed by atoms with Crippen molar-refractivity contribution in [3.05, 3.63) is 158 Å². The maximum absolute atomic E-state index is 2.53. The second-order valence-electron chi connectivity index (χ2n) is 13.5. The fourth-order valence-electron chi connectivity index (χ4n) is 9.44. The van der Waals surface area contributed by atoms with Gasteiger partial charge in [0.15, 0.2) is 0 Å². The lowest BCUT2D eigenvalue weighted by atomic mass is 9.84. The normalized spacial score (nSPS) is 12.6. The van der Waals surface area contributed by atoms with E-state index in [1.807, 2.05) is 0 Å². The van der Waals surface area contributed by atoms with Crippen molar-refractivity contribution in [2.45, 2.75) is 0 Å². The second-order valence-corrected chi connectivity index (χ2v) is 13.5. The molecular weight excluding hydrogens is 577 g/mol. The van der Waals surface area contributed by atoms with Gasteiger partial charge < -0.3 is 0 Å². The molecule has 0 saturated carbocycles. The summed E-state index contributed by atoms with van der Waals surface area (Å²) in [6.07, 6.45) is 0. The van der Waals surface area contributed by atoms with Gasteiger partial charge in [-0.3, -0.25) is 0 Å². The van der Waals surface area contributed by atoms with E-state index in [1.54, 1.807) is 0 Å². The van der Waals surface area contributed by atoms with Crippen LogP contribution in [0.5, 0.6) is 0 Å². The lowest BCUT2D eigenvalue weighted by molar-refractivity contribution is 1.68. The Bertz CT molecular complexity index is 3240. The van der Waals surface area contributed by atoms with Crippen molar-refractivity contribution in [3.63, 3.8) is 0 Å². The Morgan fingerprint density at radius 2 is 0.771 bits per heavy atom. The van der Waals surface area contributed by atoms with Crippen LogP contribution in [0.3, 0.4) is 0 Å². The molecule has 0 nitrogen and oxygen atoms in total. The fraction of sp³-hybridized carbons (Fsp3) is 0. The van der Waals surface area contributed by atoms with Gasteiger partial charge in [0.25, 0.3) is 0 Å². The van der Waals surface area contributed by atoms with Crippen molar-refractivity contribution in [2.24, 2.45) is 0 Å². The van der Waals surface area contributed by atoms with Crippen LogP contribution in [0.25, 0.3) is 119 Å². The van der Waals surface area contributed by atoms with Crippen molar-refractivity contribution in [3.8, 4) is 22.3 Å². The van der Waals surface area contributed by atoms with Crippen molar-refractivity contribution in [1.82, 2.24) is 0 Å². The maximum atomic E-state index is 2.53. The molecule has 12 aromatic rings. The molecule has 0 aliphatic rings. The molecule has 12 rings (SSSR count). The largest absolute Gasteiger partial charge is 0.0622 e. The van der Waals surface area contributed by atoms with Gasteiger partial charge in [-0.15, -0.1) is 0 Å². The highest BCUT2D eigenvalue weighted by molar-refractivity contribution is 6.47. The molecule has 0 atom stereocenters. The number of fused-ring (bicyclic) bond motifs is 8. The van der Waals surface area contributed by atoms with E-state index in [9.17, 15) is 0 Å². The zero-order valence-electron chi connectivity index (χ0n) is 26.0. The topological polar surface area (TPSA) is 0 Å². The third-order valence-electron chi connectivity index (χ3n) is 11.2. The molecule has 48 heavy (non-hydrogen) atoms. The Hall–Kier alpha value is -6.24. The molecule has 0 N–H and O–H groups in total. The monoisotopic (exact) mass is 602 g/mol. The van der Waals surface area contributed by atoms with Gasteiger partial charge in [-0.25, -0.2) is 0 Å². The minimum Gasteiger partial charge on any atom is -0.0622 e. The van der Waals surface area contributed by atoms with Crippen LogP contribution in [0.15, 0.2) is 158 Å². The first-order valence-electron chi connectivity index (χ1n) is 16.9. The van der Waals surface area contributed by atoms with Crippen molar-refractivity contribution in [2.75, 3.05) is 0 Å². The van der Waals surface area contributed by atoms with E-state index < -0.39 is 0 Å². The summed E-state index contributed by atoms with van der Waals surface area (Å²) in [4.78, 5) is 0. The third-order valence-corrected chi connectivity index (χ3v) is 11.2. The van der Waals surface area contributed by atoms with Crippen LogP contribution < -0.4 is 0 Å². The Morgan fingerprint density at radius 1 is 0.208 bits per heavy atom. The predicted molar refractivity (Wildman–Crippen MR) is 208 cm³/mol. The van der Waals surface area contributed by atoms with Gasteiger partial charge in [0.2, 0.25) is 0 Å². The molecule has 0 aliphatic carbocycles. The SMILES string of the molecule is c1ccc(-c2c3cc4c5ccccc5c5cccc(c3c(-c3ccccc3)c3c6ccc7ccc8cccc9cc(c23)c6c7c89)c54)cc1. The van der Waals surface area contributed by atoms with Gasteiger partial charge >= 0.3 is 0 Å². The van der Waals surface area contributed by atoms with Gasteiger partial charge in [-0.2, -0.15) is 0 Å². The predicted octanol–water partition coefficient (Wildman–Crippen LogP) is 13.7. The Morgan fingerprint density at radius 3 is 1.56 bits per heavy atom. The third kappa shape index (κ3) is 2.93. The molecule has 218 valence electrons. The molecule has 0 amide bonds. The summed E-state index contributed by atoms with van der Waals surface area (Å²) < 4.78 is 0. The average molecular weight is 603 g/mol. The summed E-state index contributed by atoms with van der Waals surface area (Å²) in [5, 5.41) is 24.2. The molecule has 0 radical (unpaired) electrons. The molecule has 0 bridgehead atoms. The van der Waals surface area contributed by atoms with Crippen LogP contribution in [-0.2, 0) is 0 Å². The van der Waals surface area contributed by atoms with Crippen LogP contribution in [-0.4, -0.2) is 0 Å². The van der Waals surface area contributed by atoms with Crippen LogP contribution in [0.2, 0.25) is 0 Å². The molecule has 0 heterocycles. The second kappa shape index (κ2) is 8.76. The molecule has 0 aromatic heterocycles. The fourth-order valence-corrected chi connectivity index (χ4v) is 9.44. The van der Waals surface area contributed by atoms with Crippen molar-refractivity contribution in [1.29, 1.82) is 0 Å².